The molecular formula is C14H19N3O3. The van der Waals surface area contributed by atoms with E-state index in [0.29, 0.717) is 19.8 Å². The van der Waals surface area contributed by atoms with Crippen LogP contribution in [0.2, 0.25) is 0 Å². The number of H-pyrrole nitrogens is 1. The van der Waals surface area contributed by atoms with Gasteiger partial charge in [0.1, 0.15) is 0 Å². The number of carbonyl (C=O) groups is 1. The molecule has 1 unspecified atom stereocenters. The van der Waals surface area contributed by atoms with Crippen LogP contribution in [0.4, 0.5) is 5.82 Å². The first-order valence-electron chi connectivity index (χ1n) is 6.48. The largest absolute Gasteiger partial charge is 0.467 e. The van der Waals surface area contributed by atoms with Gasteiger partial charge < -0.3 is 14.4 Å². The van der Waals surface area contributed by atoms with Gasteiger partial charge in [0.2, 0.25) is 0 Å². The molecule has 1 fully saturated rings. The number of methoxy groups -OCH3 is 1. The molecule has 0 bridgehead atoms. The molecule has 0 spiro atoms. The van der Waals surface area contributed by atoms with Gasteiger partial charge in [-0.1, -0.05) is 18.7 Å². The number of anilines is 1. The second-order valence-electron chi connectivity index (χ2n) is 4.37. The van der Waals surface area contributed by atoms with Gasteiger partial charge >= 0.3 is 5.97 Å². The predicted octanol–water partition coefficient (Wildman–Crippen LogP) is -0.445. The molecule has 0 saturated carbocycles. The number of aromatic nitrogens is 2. The maximum absolute atomic E-state index is 11.9. The lowest BCUT2D eigenvalue weighted by atomic mass is 10.2. The number of nitrogens with one attached hydrogen (secondary N) is 1. The number of hydrogen-bond donors (Lipinski definition) is 1. The highest BCUT2D eigenvalue weighted by molar-refractivity contribution is 5.80. The Morgan fingerprint density at radius 3 is 3.10 bits per heavy atom. The van der Waals surface area contributed by atoms with Crippen LogP contribution in [0.15, 0.2) is 12.7 Å². The second kappa shape index (κ2) is 6.38. The van der Waals surface area contributed by atoms with Crippen molar-refractivity contribution in [2.45, 2.75) is 13.0 Å². The van der Waals surface area contributed by atoms with Crippen LogP contribution in [-0.2, 0) is 14.3 Å². The average molecular weight is 277 g/mol. The number of ether oxygens (including phenoxy) is 2. The van der Waals surface area contributed by atoms with E-state index in [2.05, 4.69) is 16.8 Å². The number of morpholine rings is 1. The van der Waals surface area contributed by atoms with Crippen molar-refractivity contribution in [1.29, 1.82) is 0 Å². The van der Waals surface area contributed by atoms with Crippen molar-refractivity contribution in [2.24, 2.45) is 0 Å². The van der Waals surface area contributed by atoms with Crippen molar-refractivity contribution in [1.82, 2.24) is 10.2 Å². The van der Waals surface area contributed by atoms with E-state index in [1.807, 2.05) is 24.0 Å². The number of esters is 1. The van der Waals surface area contributed by atoms with Crippen LogP contribution in [0.3, 0.4) is 0 Å². The van der Waals surface area contributed by atoms with Crippen molar-refractivity contribution in [2.75, 3.05) is 31.8 Å². The van der Waals surface area contributed by atoms with E-state index in [1.54, 1.807) is 6.08 Å². The lowest BCUT2D eigenvalue weighted by Crippen LogP contribution is -2.52. The van der Waals surface area contributed by atoms with Gasteiger partial charge in [-0.3, -0.25) is 5.10 Å². The van der Waals surface area contributed by atoms with Gasteiger partial charge in [-0.15, -0.1) is 0 Å². The summed E-state index contributed by atoms with van der Waals surface area (Å²) in [7, 11) is 1.38. The number of rotatable bonds is 3. The summed E-state index contributed by atoms with van der Waals surface area (Å²) >= 11 is 0. The summed E-state index contributed by atoms with van der Waals surface area (Å²) in [5.74, 6) is 0.399. The molecule has 1 aromatic heterocycles. The number of nitrogens with zero attached hydrogens (tertiary/aromatic N) is 2. The van der Waals surface area contributed by atoms with Crippen LogP contribution < -0.4 is 15.5 Å². The third-order valence-electron chi connectivity index (χ3n) is 3.26. The van der Waals surface area contributed by atoms with Gasteiger partial charge in [-0.05, 0) is 13.0 Å². The normalized spacial score (nSPS) is 21.1. The molecule has 0 radical (unpaired) electrons. The van der Waals surface area contributed by atoms with Crippen molar-refractivity contribution < 1.29 is 14.3 Å². The average Bonchev–Trinajstić information content (AvgIpc) is 2.89. The zero-order chi connectivity index (χ0) is 14.5. The van der Waals surface area contributed by atoms with Crippen LogP contribution in [0.5, 0.6) is 0 Å². The Balaban J connectivity index is 2.48. The SMILES string of the molecule is C=C/C=c1/c(N2CCOCC2C(=O)OC)n[nH]/c1=C/C. The first-order chi connectivity index (χ1) is 9.72. The van der Waals surface area contributed by atoms with Crippen LogP contribution in [-0.4, -0.2) is 49.1 Å². The summed E-state index contributed by atoms with van der Waals surface area (Å²) in [6.45, 7) is 7.09. The van der Waals surface area contributed by atoms with Crippen LogP contribution >= 0.6 is 0 Å². The molecule has 1 aliphatic rings. The quantitative estimate of drug-likeness (QED) is 0.758. The van der Waals surface area contributed by atoms with Gasteiger partial charge in [-0.25, -0.2) is 4.79 Å². The summed E-state index contributed by atoms with van der Waals surface area (Å²) in [6.07, 6.45) is 5.51. The minimum absolute atomic E-state index is 0.304. The van der Waals surface area contributed by atoms with E-state index in [9.17, 15) is 4.79 Å². The minimum atomic E-state index is -0.473. The Hall–Kier alpha value is -2.08. The number of allylic oxidation sites excluding steroid dienone is 1. The van der Waals surface area contributed by atoms with Gasteiger partial charge in [0.25, 0.3) is 0 Å². The first-order valence-corrected chi connectivity index (χ1v) is 6.48. The highest BCUT2D eigenvalue weighted by Crippen LogP contribution is 2.13. The van der Waals surface area contributed by atoms with Crippen molar-refractivity contribution in [3.05, 3.63) is 23.2 Å². The van der Waals surface area contributed by atoms with E-state index in [1.165, 1.54) is 7.11 Å². The molecule has 1 N–H and O–H groups in total. The first kappa shape index (κ1) is 14.3. The Labute approximate surface area is 117 Å². The van der Waals surface area contributed by atoms with E-state index in [0.717, 1.165) is 16.4 Å². The summed E-state index contributed by atoms with van der Waals surface area (Å²) in [5, 5.41) is 9.10. The Morgan fingerprint density at radius 2 is 2.45 bits per heavy atom. The van der Waals surface area contributed by atoms with E-state index in [-0.39, 0.29) is 5.97 Å². The number of aromatic amines is 1. The predicted molar refractivity (Wildman–Crippen MR) is 76.6 cm³/mol. The topological polar surface area (TPSA) is 67.4 Å². The Morgan fingerprint density at radius 1 is 1.65 bits per heavy atom. The lowest BCUT2D eigenvalue weighted by Gasteiger charge is -2.33. The molecule has 6 heteroatoms. The van der Waals surface area contributed by atoms with E-state index >= 15 is 0 Å². The van der Waals surface area contributed by atoms with Gasteiger partial charge in [0.05, 0.1) is 25.7 Å². The molecule has 0 amide bonds. The molecule has 108 valence electrons. The molecule has 2 rings (SSSR count). The van der Waals surface area contributed by atoms with Crippen LogP contribution in [0, 0.1) is 0 Å². The Bertz CT molecular complexity index is 606. The molecule has 0 aliphatic carbocycles. The van der Waals surface area contributed by atoms with Crippen molar-refractivity contribution in [3.8, 4) is 0 Å². The fraction of sp³-hybridized carbons (Fsp3) is 0.429. The summed E-state index contributed by atoms with van der Waals surface area (Å²) in [5.41, 5.74) is 0. The van der Waals surface area contributed by atoms with E-state index < -0.39 is 6.04 Å². The monoisotopic (exact) mass is 277 g/mol. The van der Waals surface area contributed by atoms with Crippen LogP contribution in [0.1, 0.15) is 6.92 Å². The molecule has 1 aromatic rings. The minimum Gasteiger partial charge on any atom is -0.467 e. The van der Waals surface area contributed by atoms with Gasteiger partial charge in [0.15, 0.2) is 11.9 Å². The molecule has 1 aliphatic heterocycles. The molecule has 6 nitrogen and oxygen atoms in total. The highest BCUT2D eigenvalue weighted by Gasteiger charge is 2.32. The molecule has 20 heavy (non-hydrogen) atoms. The Kier molecular flexibility index (Phi) is 4.57. The fourth-order valence-corrected chi connectivity index (χ4v) is 2.26. The third-order valence-corrected chi connectivity index (χ3v) is 3.26. The van der Waals surface area contributed by atoms with Crippen molar-refractivity contribution in [3.63, 3.8) is 0 Å². The van der Waals surface area contributed by atoms with Gasteiger partial charge in [-0.2, -0.15) is 5.10 Å². The van der Waals surface area contributed by atoms with Crippen LogP contribution in [0.25, 0.3) is 12.2 Å². The fourth-order valence-electron chi connectivity index (χ4n) is 2.26. The molecule has 1 saturated heterocycles. The lowest BCUT2D eigenvalue weighted by molar-refractivity contribution is -0.144. The highest BCUT2D eigenvalue weighted by atomic mass is 16.5. The maximum atomic E-state index is 11.9. The third kappa shape index (κ3) is 2.60. The number of hydrogen-bond acceptors (Lipinski definition) is 5. The molecule has 0 aromatic carbocycles. The maximum Gasteiger partial charge on any atom is 0.330 e. The van der Waals surface area contributed by atoms with E-state index in [4.69, 9.17) is 9.47 Å². The smallest absolute Gasteiger partial charge is 0.330 e. The summed E-state index contributed by atoms with van der Waals surface area (Å²) in [6, 6.07) is -0.473. The molecular weight excluding hydrogens is 258 g/mol. The van der Waals surface area contributed by atoms with Crippen molar-refractivity contribution >= 4 is 23.9 Å². The molecule has 1 atom stereocenters. The van der Waals surface area contributed by atoms with Gasteiger partial charge in [0, 0.05) is 11.8 Å². The number of carbonyl (C=O) groups excluding carboxylic acids is 1. The summed E-state index contributed by atoms with van der Waals surface area (Å²) in [4.78, 5) is 13.8. The zero-order valence-corrected chi connectivity index (χ0v) is 11.8. The summed E-state index contributed by atoms with van der Waals surface area (Å²) < 4.78 is 10.2. The zero-order valence-electron chi connectivity index (χ0n) is 11.8. The standard InChI is InChI=1S/C14H19N3O3/c1-4-6-10-11(5-2)15-16-13(10)17-7-8-20-9-12(17)14(18)19-3/h4-6,12,15H,1,7-9H2,2-3H3/b10-6+,11-5+. The molecule has 2 heterocycles. The second-order valence-corrected chi connectivity index (χ2v) is 4.37.